The zero-order valence-corrected chi connectivity index (χ0v) is 4.99. The van der Waals surface area contributed by atoms with Gasteiger partial charge in [-0.1, -0.05) is 12.2 Å². The van der Waals surface area contributed by atoms with Crippen molar-refractivity contribution < 1.29 is 4.39 Å². The van der Waals surface area contributed by atoms with Gasteiger partial charge in [0.15, 0.2) is 0 Å². The smallest absolute Gasteiger partial charge is 0.114 e. The molecule has 1 saturated heterocycles. The minimum absolute atomic E-state index is 0.0440. The molecule has 1 aliphatic heterocycles. The van der Waals surface area contributed by atoms with E-state index >= 15 is 0 Å². The topological polar surface area (TPSA) is 0 Å². The molecule has 0 saturated carbocycles. The summed E-state index contributed by atoms with van der Waals surface area (Å²) in [7, 11) is 0. The zero-order chi connectivity index (χ0) is 5.56. The second-order valence-electron chi connectivity index (χ2n) is 1.96. The van der Waals surface area contributed by atoms with Crippen molar-refractivity contribution in [2.75, 3.05) is 0 Å². The van der Waals surface area contributed by atoms with Crippen molar-refractivity contribution in [3.63, 3.8) is 0 Å². The van der Waals surface area contributed by atoms with Crippen molar-refractivity contribution in [3.8, 4) is 0 Å². The molecule has 1 fully saturated rings. The van der Waals surface area contributed by atoms with E-state index in [0.29, 0.717) is 5.25 Å². The molecule has 0 nitrogen and oxygen atoms in total. The van der Waals surface area contributed by atoms with Gasteiger partial charge >= 0.3 is 0 Å². The lowest BCUT2D eigenvalue weighted by Crippen LogP contribution is -1.93. The summed E-state index contributed by atoms with van der Waals surface area (Å²) in [5.74, 6) is 0.0440. The van der Waals surface area contributed by atoms with E-state index in [0.717, 1.165) is 0 Å². The van der Waals surface area contributed by atoms with E-state index in [4.69, 9.17) is 0 Å². The van der Waals surface area contributed by atoms with Crippen molar-refractivity contribution in [3.05, 3.63) is 24.1 Å². The molecule has 0 aromatic carbocycles. The molecule has 0 radical (unpaired) electrons. The second-order valence-corrected chi connectivity index (χ2v) is 3.28. The highest BCUT2D eigenvalue weighted by Gasteiger charge is 2.40. The van der Waals surface area contributed by atoms with Gasteiger partial charge in [0.25, 0.3) is 0 Å². The molecule has 8 heavy (non-hydrogen) atoms. The summed E-state index contributed by atoms with van der Waals surface area (Å²) in [6.45, 7) is 0. The van der Waals surface area contributed by atoms with E-state index in [1.54, 1.807) is 23.9 Å². The highest BCUT2D eigenvalue weighted by atomic mass is 32.2. The summed E-state index contributed by atoms with van der Waals surface area (Å²) in [4.78, 5) is 0. The SMILES string of the molecule is FC1=CC=CC2SC12. The summed E-state index contributed by atoms with van der Waals surface area (Å²) in [5, 5.41) is 0.667. The van der Waals surface area contributed by atoms with Crippen molar-refractivity contribution in [1.29, 1.82) is 0 Å². The third-order valence-electron chi connectivity index (χ3n) is 1.35. The van der Waals surface area contributed by atoms with Crippen LogP contribution in [0.3, 0.4) is 0 Å². The molecule has 0 spiro atoms. The molecule has 2 aliphatic rings. The van der Waals surface area contributed by atoms with Crippen molar-refractivity contribution in [2.24, 2.45) is 0 Å². The fourth-order valence-corrected chi connectivity index (χ4v) is 1.70. The van der Waals surface area contributed by atoms with Gasteiger partial charge in [-0.05, 0) is 6.08 Å². The predicted molar refractivity (Wildman–Crippen MR) is 33.5 cm³/mol. The lowest BCUT2D eigenvalue weighted by molar-refractivity contribution is 0.615. The van der Waals surface area contributed by atoms with Crippen LogP contribution in [0.5, 0.6) is 0 Å². The Morgan fingerprint density at radius 1 is 1.62 bits per heavy atom. The van der Waals surface area contributed by atoms with Crippen molar-refractivity contribution in [2.45, 2.75) is 10.5 Å². The summed E-state index contributed by atoms with van der Waals surface area (Å²) in [6, 6.07) is 0. The summed E-state index contributed by atoms with van der Waals surface area (Å²) >= 11 is 1.68. The monoisotopic (exact) mass is 128 g/mol. The fourth-order valence-electron chi connectivity index (χ4n) is 0.844. The van der Waals surface area contributed by atoms with Gasteiger partial charge in [0.1, 0.15) is 5.83 Å². The Labute approximate surface area is 51.5 Å². The lowest BCUT2D eigenvalue weighted by atomic mass is 10.2. The fraction of sp³-hybridized carbons (Fsp3) is 0.333. The Bertz CT molecular complexity index is 171. The van der Waals surface area contributed by atoms with Crippen LogP contribution in [0.25, 0.3) is 0 Å². The van der Waals surface area contributed by atoms with Crippen LogP contribution in [0.15, 0.2) is 24.1 Å². The summed E-state index contributed by atoms with van der Waals surface area (Å²) < 4.78 is 12.4. The van der Waals surface area contributed by atoms with E-state index in [1.165, 1.54) is 0 Å². The first kappa shape index (κ1) is 4.62. The molecule has 1 heterocycles. The first-order valence-electron chi connectivity index (χ1n) is 2.57. The molecule has 1 aliphatic carbocycles. The minimum Gasteiger partial charge on any atom is -0.211 e. The van der Waals surface area contributed by atoms with Crippen molar-refractivity contribution in [1.82, 2.24) is 0 Å². The molecule has 2 unspecified atom stereocenters. The van der Waals surface area contributed by atoms with Crippen LogP contribution < -0.4 is 0 Å². The van der Waals surface area contributed by atoms with Crippen molar-refractivity contribution >= 4 is 11.8 Å². The van der Waals surface area contributed by atoms with Gasteiger partial charge in [-0.25, -0.2) is 4.39 Å². The number of hydrogen-bond acceptors (Lipinski definition) is 1. The van der Waals surface area contributed by atoms with Crippen LogP contribution >= 0.6 is 11.8 Å². The van der Waals surface area contributed by atoms with E-state index < -0.39 is 0 Å². The molecule has 0 aromatic rings. The Morgan fingerprint density at radius 2 is 2.50 bits per heavy atom. The molecule has 0 aromatic heterocycles. The molecule has 0 amide bonds. The van der Waals surface area contributed by atoms with Gasteiger partial charge in [0, 0.05) is 5.25 Å². The zero-order valence-electron chi connectivity index (χ0n) is 4.17. The Morgan fingerprint density at radius 3 is 3.12 bits per heavy atom. The maximum Gasteiger partial charge on any atom is 0.114 e. The molecule has 42 valence electrons. The summed E-state index contributed by atoms with van der Waals surface area (Å²) in [5.41, 5.74) is 0. The van der Waals surface area contributed by atoms with Gasteiger partial charge in [0.2, 0.25) is 0 Å². The highest BCUT2D eigenvalue weighted by Crippen LogP contribution is 2.49. The maximum atomic E-state index is 12.4. The molecule has 0 N–H and O–H groups in total. The van der Waals surface area contributed by atoms with Crippen LogP contribution in [0.1, 0.15) is 0 Å². The van der Waals surface area contributed by atoms with E-state index in [2.05, 4.69) is 0 Å². The number of allylic oxidation sites excluding steroid dienone is 2. The number of rotatable bonds is 0. The van der Waals surface area contributed by atoms with Gasteiger partial charge < -0.3 is 0 Å². The van der Waals surface area contributed by atoms with Gasteiger partial charge in [-0.15, -0.1) is 11.8 Å². The second kappa shape index (κ2) is 1.38. The van der Waals surface area contributed by atoms with E-state index in [-0.39, 0.29) is 11.1 Å². The number of fused-ring (bicyclic) bond motifs is 1. The largest absolute Gasteiger partial charge is 0.211 e. The quantitative estimate of drug-likeness (QED) is 0.449. The molecule has 0 bridgehead atoms. The van der Waals surface area contributed by atoms with Crippen LogP contribution in [-0.4, -0.2) is 10.5 Å². The minimum atomic E-state index is 0.0440. The normalized spacial score (nSPS) is 40.9. The van der Waals surface area contributed by atoms with E-state index in [9.17, 15) is 4.39 Å². The third-order valence-corrected chi connectivity index (χ3v) is 2.59. The van der Waals surface area contributed by atoms with E-state index in [1.807, 2.05) is 6.08 Å². The number of halogens is 1. The summed E-state index contributed by atoms with van der Waals surface area (Å²) in [6.07, 6.45) is 5.37. The first-order valence-corrected chi connectivity index (χ1v) is 3.51. The average molecular weight is 128 g/mol. The number of thioether (sulfide) groups is 1. The molecule has 2 heteroatoms. The Hall–Kier alpha value is -0.240. The standard InChI is InChI=1S/C6H5FS/c7-4-2-1-3-5-6(4)8-5/h1-3,5-6H. The van der Waals surface area contributed by atoms with Crippen LogP contribution in [-0.2, 0) is 0 Å². The Kier molecular flexibility index (Phi) is 0.796. The molecule has 2 rings (SSSR count). The van der Waals surface area contributed by atoms with Crippen LogP contribution in [0.4, 0.5) is 4.39 Å². The van der Waals surface area contributed by atoms with Crippen LogP contribution in [0, 0.1) is 0 Å². The highest BCUT2D eigenvalue weighted by molar-refractivity contribution is 8.08. The molecular formula is C6H5FS. The molecule has 2 atom stereocenters. The maximum absolute atomic E-state index is 12.4. The Balaban J connectivity index is 2.30. The first-order chi connectivity index (χ1) is 3.88. The third kappa shape index (κ3) is 0.525. The van der Waals surface area contributed by atoms with Gasteiger partial charge in [-0.2, -0.15) is 0 Å². The molecular weight excluding hydrogens is 123 g/mol. The van der Waals surface area contributed by atoms with Gasteiger partial charge in [0.05, 0.1) is 5.25 Å². The lowest BCUT2D eigenvalue weighted by Gasteiger charge is -1.91. The van der Waals surface area contributed by atoms with Crippen LogP contribution in [0.2, 0.25) is 0 Å². The average Bonchev–Trinajstić information content (AvgIpc) is 2.45. The number of hydrogen-bond donors (Lipinski definition) is 0. The van der Waals surface area contributed by atoms with Gasteiger partial charge in [-0.3, -0.25) is 0 Å². The predicted octanol–water partition coefficient (Wildman–Crippen LogP) is 1.89.